The van der Waals surface area contributed by atoms with Crippen molar-refractivity contribution in [3.05, 3.63) is 10.1 Å². The van der Waals surface area contributed by atoms with Crippen LogP contribution in [0.1, 0.15) is 12.8 Å². The fourth-order valence-corrected chi connectivity index (χ4v) is 0.745. The Morgan fingerprint density at radius 3 is 2.33 bits per heavy atom. The van der Waals surface area contributed by atoms with E-state index < -0.39 is 16.8 Å². The van der Waals surface area contributed by atoms with Crippen molar-refractivity contribution >= 4 is 0 Å². The van der Waals surface area contributed by atoms with Gasteiger partial charge in [0.15, 0.2) is 6.10 Å². The van der Waals surface area contributed by atoms with Crippen LogP contribution in [0.2, 0.25) is 0 Å². The van der Waals surface area contributed by atoms with Gasteiger partial charge in [0.25, 0.3) is 0 Å². The maximum absolute atomic E-state index is 9.91. The number of hydrogen-bond donors (Lipinski definition) is 2. The highest BCUT2D eigenvalue weighted by Gasteiger charge is 2.56. The van der Waals surface area contributed by atoms with Crippen LogP contribution in [0.15, 0.2) is 0 Å². The van der Waals surface area contributed by atoms with Gasteiger partial charge in [-0.3, -0.25) is 10.1 Å². The first-order valence-corrected chi connectivity index (χ1v) is 2.62. The third kappa shape index (κ3) is 0.691. The summed E-state index contributed by atoms with van der Waals surface area (Å²) in [6, 6.07) is 0. The number of nitrogens with zero attached hydrogens (tertiary/aromatic N) is 1. The van der Waals surface area contributed by atoms with Crippen LogP contribution < -0.4 is 0 Å². The lowest BCUT2D eigenvalue weighted by Crippen LogP contribution is -2.57. The fourth-order valence-electron chi connectivity index (χ4n) is 0.745. The van der Waals surface area contributed by atoms with Crippen LogP contribution in [0.4, 0.5) is 0 Å². The molecule has 1 saturated carbocycles. The SMILES string of the molecule is O=[N+]([O-])C1(O)CCC1O. The Morgan fingerprint density at radius 1 is 1.78 bits per heavy atom. The second-order valence-electron chi connectivity index (χ2n) is 2.19. The number of hydrogen-bond acceptors (Lipinski definition) is 4. The van der Waals surface area contributed by atoms with Crippen LogP contribution in [0, 0.1) is 10.1 Å². The largest absolute Gasteiger partial charge is 0.383 e. The van der Waals surface area contributed by atoms with Crippen molar-refractivity contribution in [2.24, 2.45) is 0 Å². The molecule has 9 heavy (non-hydrogen) atoms. The molecule has 0 aromatic heterocycles. The predicted molar refractivity (Wildman–Crippen MR) is 27.2 cm³/mol. The number of nitro groups is 1. The van der Waals surface area contributed by atoms with E-state index in [1.165, 1.54) is 0 Å². The molecule has 2 N–H and O–H groups in total. The van der Waals surface area contributed by atoms with Crippen LogP contribution in [-0.4, -0.2) is 27.0 Å². The van der Waals surface area contributed by atoms with Crippen LogP contribution in [0.25, 0.3) is 0 Å². The van der Waals surface area contributed by atoms with Gasteiger partial charge in [-0.15, -0.1) is 0 Å². The van der Waals surface area contributed by atoms with E-state index >= 15 is 0 Å². The van der Waals surface area contributed by atoms with E-state index in [-0.39, 0.29) is 6.42 Å². The fraction of sp³-hybridized carbons (Fsp3) is 1.00. The highest BCUT2D eigenvalue weighted by molar-refractivity contribution is 4.86. The van der Waals surface area contributed by atoms with Gasteiger partial charge in [0.2, 0.25) is 0 Å². The first-order valence-electron chi connectivity index (χ1n) is 2.62. The molecular weight excluding hydrogens is 126 g/mol. The third-order valence-electron chi connectivity index (χ3n) is 1.64. The van der Waals surface area contributed by atoms with Gasteiger partial charge in [-0.25, -0.2) is 0 Å². The van der Waals surface area contributed by atoms with Crippen molar-refractivity contribution in [2.75, 3.05) is 0 Å². The van der Waals surface area contributed by atoms with Crippen LogP contribution in [0.5, 0.6) is 0 Å². The Bertz CT molecular complexity index is 148. The van der Waals surface area contributed by atoms with Gasteiger partial charge < -0.3 is 10.2 Å². The molecule has 5 heteroatoms. The average molecular weight is 133 g/mol. The Hall–Kier alpha value is -0.680. The van der Waals surface area contributed by atoms with Crippen LogP contribution >= 0.6 is 0 Å². The second kappa shape index (κ2) is 1.65. The summed E-state index contributed by atoms with van der Waals surface area (Å²) in [6.07, 6.45) is -0.800. The summed E-state index contributed by atoms with van der Waals surface area (Å²) in [7, 11) is 0. The van der Waals surface area contributed by atoms with E-state index in [1.807, 2.05) is 0 Å². The molecule has 1 aliphatic carbocycles. The number of rotatable bonds is 1. The summed E-state index contributed by atoms with van der Waals surface area (Å²) >= 11 is 0. The molecule has 1 aliphatic rings. The van der Waals surface area contributed by atoms with Crippen molar-refractivity contribution in [3.8, 4) is 0 Å². The van der Waals surface area contributed by atoms with E-state index in [1.54, 1.807) is 0 Å². The lowest BCUT2D eigenvalue weighted by Gasteiger charge is -2.32. The Morgan fingerprint density at radius 2 is 2.33 bits per heavy atom. The highest BCUT2D eigenvalue weighted by Crippen LogP contribution is 2.32. The zero-order chi connectivity index (χ0) is 7.07. The van der Waals surface area contributed by atoms with Crippen molar-refractivity contribution < 1.29 is 15.1 Å². The van der Waals surface area contributed by atoms with E-state index in [9.17, 15) is 10.1 Å². The molecule has 0 heterocycles. The molecule has 1 rings (SSSR count). The van der Waals surface area contributed by atoms with E-state index in [4.69, 9.17) is 10.2 Å². The minimum atomic E-state index is -2.04. The quantitative estimate of drug-likeness (QED) is 0.276. The zero-order valence-corrected chi connectivity index (χ0v) is 4.65. The van der Waals surface area contributed by atoms with Crippen molar-refractivity contribution in [2.45, 2.75) is 24.7 Å². The standard InChI is InChI=1S/C4H7NO4/c6-3-1-2-4(3,7)5(8)9/h3,6-7H,1-2H2. The third-order valence-corrected chi connectivity index (χ3v) is 1.64. The molecule has 0 aromatic rings. The van der Waals surface area contributed by atoms with Crippen molar-refractivity contribution in [1.29, 1.82) is 0 Å². The van der Waals surface area contributed by atoms with Gasteiger partial charge in [-0.1, -0.05) is 0 Å². The molecule has 0 aliphatic heterocycles. The maximum Gasteiger partial charge on any atom is 0.348 e. The zero-order valence-electron chi connectivity index (χ0n) is 4.65. The van der Waals surface area contributed by atoms with Gasteiger partial charge in [-0.05, 0) is 6.42 Å². The molecule has 5 nitrogen and oxygen atoms in total. The molecule has 0 bridgehead atoms. The van der Waals surface area contributed by atoms with Crippen molar-refractivity contribution in [1.82, 2.24) is 0 Å². The number of aliphatic hydroxyl groups excluding tert-OH is 1. The summed E-state index contributed by atoms with van der Waals surface area (Å²) in [4.78, 5) is 9.06. The molecule has 0 spiro atoms. The van der Waals surface area contributed by atoms with E-state index in [0.29, 0.717) is 6.42 Å². The topological polar surface area (TPSA) is 83.6 Å². The molecular formula is C4H7NO4. The molecule has 0 amide bonds. The predicted octanol–water partition coefficient (Wildman–Crippen LogP) is -0.894. The molecule has 0 saturated heterocycles. The smallest absolute Gasteiger partial charge is 0.348 e. The second-order valence-corrected chi connectivity index (χ2v) is 2.19. The summed E-state index contributed by atoms with van der Waals surface area (Å²) in [5.74, 6) is 0. The Balaban J connectivity index is 2.64. The Labute approximate surface area is 51.1 Å². The number of aliphatic hydroxyl groups is 2. The van der Waals surface area contributed by atoms with Gasteiger partial charge in [-0.2, -0.15) is 0 Å². The molecule has 2 atom stereocenters. The lowest BCUT2D eigenvalue weighted by molar-refractivity contribution is -0.656. The van der Waals surface area contributed by atoms with E-state index in [0.717, 1.165) is 0 Å². The summed E-state index contributed by atoms with van der Waals surface area (Å²) in [5, 5.41) is 27.4. The lowest BCUT2D eigenvalue weighted by atomic mass is 9.85. The van der Waals surface area contributed by atoms with Gasteiger partial charge >= 0.3 is 5.72 Å². The maximum atomic E-state index is 9.91. The molecule has 0 aromatic carbocycles. The highest BCUT2D eigenvalue weighted by atomic mass is 16.7. The van der Waals surface area contributed by atoms with Gasteiger partial charge in [0, 0.05) is 0 Å². The van der Waals surface area contributed by atoms with Gasteiger partial charge in [0.1, 0.15) is 0 Å². The first-order chi connectivity index (χ1) is 4.07. The summed E-state index contributed by atoms with van der Waals surface area (Å²) < 4.78 is 0. The normalized spacial score (nSPS) is 41.8. The summed E-state index contributed by atoms with van der Waals surface area (Å²) in [5.41, 5.74) is -2.04. The average Bonchev–Trinajstić information content (AvgIpc) is 1.82. The molecule has 0 radical (unpaired) electrons. The summed E-state index contributed by atoms with van der Waals surface area (Å²) in [6.45, 7) is 0. The Kier molecular flexibility index (Phi) is 1.18. The van der Waals surface area contributed by atoms with E-state index in [2.05, 4.69) is 0 Å². The van der Waals surface area contributed by atoms with Gasteiger partial charge in [0.05, 0.1) is 11.3 Å². The molecule has 52 valence electrons. The monoisotopic (exact) mass is 133 g/mol. The molecule has 2 unspecified atom stereocenters. The van der Waals surface area contributed by atoms with Crippen LogP contribution in [-0.2, 0) is 0 Å². The minimum Gasteiger partial charge on any atom is -0.383 e. The van der Waals surface area contributed by atoms with Crippen LogP contribution in [0.3, 0.4) is 0 Å². The molecule has 1 fully saturated rings. The minimum absolute atomic E-state index is 0.0567. The van der Waals surface area contributed by atoms with Crippen molar-refractivity contribution in [3.63, 3.8) is 0 Å². The first kappa shape index (κ1) is 6.44.